The van der Waals surface area contributed by atoms with Crippen LogP contribution in [0.25, 0.3) is 0 Å². The molecule has 0 fully saturated rings. The zero-order valence-electron chi connectivity index (χ0n) is 16.1. The molecule has 0 bridgehead atoms. The summed E-state index contributed by atoms with van der Waals surface area (Å²) in [6, 6.07) is 20.0. The van der Waals surface area contributed by atoms with Gasteiger partial charge in [-0.3, -0.25) is 19.9 Å². The lowest BCUT2D eigenvalue weighted by atomic mass is 10.1. The Morgan fingerprint density at radius 3 is 2.26 bits per heavy atom. The van der Waals surface area contributed by atoms with Crippen LogP contribution < -0.4 is 10.4 Å². The van der Waals surface area contributed by atoms with E-state index in [1.54, 1.807) is 0 Å². The number of carbonyl (C=O) groups is 1. The molecule has 0 aliphatic heterocycles. The molecule has 27 heavy (non-hydrogen) atoms. The van der Waals surface area contributed by atoms with Crippen molar-refractivity contribution in [2.75, 3.05) is 5.01 Å². The van der Waals surface area contributed by atoms with Crippen molar-refractivity contribution in [2.24, 2.45) is 7.05 Å². The van der Waals surface area contributed by atoms with E-state index in [4.69, 9.17) is 0 Å². The van der Waals surface area contributed by atoms with Crippen molar-refractivity contribution in [3.8, 4) is 0 Å². The van der Waals surface area contributed by atoms with Crippen molar-refractivity contribution in [3.63, 3.8) is 0 Å². The van der Waals surface area contributed by atoms with Gasteiger partial charge < -0.3 is 0 Å². The number of aromatic nitrogens is 2. The predicted molar refractivity (Wildman–Crippen MR) is 108 cm³/mol. The van der Waals surface area contributed by atoms with E-state index in [1.165, 1.54) is 0 Å². The van der Waals surface area contributed by atoms with Gasteiger partial charge >= 0.3 is 0 Å². The molecule has 0 radical (unpaired) electrons. The van der Waals surface area contributed by atoms with Crippen LogP contribution in [0.15, 0.2) is 60.7 Å². The average Bonchev–Trinajstić information content (AvgIpc) is 2.92. The molecular weight excluding hydrogens is 336 g/mol. The minimum absolute atomic E-state index is 0.00237. The Morgan fingerprint density at radius 2 is 1.67 bits per heavy atom. The Kier molecular flexibility index (Phi) is 5.91. The number of amides is 1. The third-order valence-electron chi connectivity index (χ3n) is 4.77. The molecule has 3 aromatic rings. The molecule has 1 heterocycles. The van der Waals surface area contributed by atoms with Gasteiger partial charge in [-0.05, 0) is 43.5 Å². The van der Waals surface area contributed by atoms with Gasteiger partial charge in [0.2, 0.25) is 5.91 Å². The second-order valence-electron chi connectivity index (χ2n) is 6.72. The fraction of sp³-hybridized carbons (Fsp3) is 0.273. The fourth-order valence-corrected chi connectivity index (χ4v) is 3.19. The van der Waals surface area contributed by atoms with E-state index < -0.39 is 0 Å². The van der Waals surface area contributed by atoms with Crippen LogP contribution in [0.2, 0.25) is 0 Å². The van der Waals surface area contributed by atoms with Gasteiger partial charge in [-0.2, -0.15) is 5.10 Å². The van der Waals surface area contributed by atoms with Crippen LogP contribution in [0.5, 0.6) is 0 Å². The van der Waals surface area contributed by atoms with Crippen molar-refractivity contribution in [2.45, 2.75) is 33.2 Å². The standard InChI is InChI=1S/C22H26N4O/c1-17-21(18(2)25(3)23-17)14-15-22(27)24-26(20-12-8-5-9-13-20)16-19-10-6-4-7-11-19/h4-13H,14-16H2,1-3H3,(H,24,27). The van der Waals surface area contributed by atoms with Gasteiger partial charge in [0.25, 0.3) is 0 Å². The number of hydrogen-bond acceptors (Lipinski definition) is 3. The highest BCUT2D eigenvalue weighted by atomic mass is 16.2. The second kappa shape index (κ2) is 8.54. The first kappa shape index (κ1) is 18.7. The number of anilines is 1. The van der Waals surface area contributed by atoms with Gasteiger partial charge in [0.05, 0.1) is 17.9 Å². The molecule has 1 N–H and O–H groups in total. The van der Waals surface area contributed by atoms with E-state index in [0.29, 0.717) is 19.4 Å². The smallest absolute Gasteiger partial charge is 0.238 e. The maximum atomic E-state index is 12.6. The molecule has 0 spiro atoms. The number of benzene rings is 2. The highest BCUT2D eigenvalue weighted by Gasteiger charge is 2.14. The van der Waals surface area contributed by atoms with Crippen LogP contribution in [0, 0.1) is 13.8 Å². The second-order valence-corrected chi connectivity index (χ2v) is 6.72. The highest BCUT2D eigenvalue weighted by Crippen LogP contribution is 2.16. The minimum atomic E-state index is -0.00237. The van der Waals surface area contributed by atoms with Crippen molar-refractivity contribution in [3.05, 3.63) is 83.2 Å². The third kappa shape index (κ3) is 4.76. The van der Waals surface area contributed by atoms with E-state index in [2.05, 4.69) is 22.7 Å². The first-order valence-corrected chi connectivity index (χ1v) is 9.19. The molecular formula is C22H26N4O. The van der Waals surface area contributed by atoms with E-state index in [9.17, 15) is 4.79 Å². The normalized spacial score (nSPS) is 10.6. The van der Waals surface area contributed by atoms with Crippen molar-refractivity contribution < 1.29 is 4.79 Å². The number of aryl methyl sites for hydroxylation is 2. The summed E-state index contributed by atoms with van der Waals surface area (Å²) in [7, 11) is 1.93. The van der Waals surface area contributed by atoms with Crippen molar-refractivity contribution >= 4 is 11.6 Å². The molecule has 2 aromatic carbocycles. The van der Waals surface area contributed by atoms with Gasteiger partial charge in [-0.25, -0.2) is 0 Å². The first-order chi connectivity index (χ1) is 13.0. The van der Waals surface area contributed by atoms with Crippen LogP contribution in [0.4, 0.5) is 5.69 Å². The zero-order chi connectivity index (χ0) is 19.2. The van der Waals surface area contributed by atoms with Crippen LogP contribution >= 0.6 is 0 Å². The first-order valence-electron chi connectivity index (χ1n) is 9.19. The summed E-state index contributed by atoms with van der Waals surface area (Å²) in [5.74, 6) is -0.00237. The number of hydrazine groups is 1. The predicted octanol–water partition coefficient (Wildman–Crippen LogP) is 3.71. The van der Waals surface area contributed by atoms with Crippen molar-refractivity contribution in [1.29, 1.82) is 0 Å². The van der Waals surface area contributed by atoms with E-state index in [0.717, 1.165) is 28.2 Å². The van der Waals surface area contributed by atoms with Gasteiger partial charge in [-0.15, -0.1) is 0 Å². The Balaban J connectivity index is 1.69. The third-order valence-corrected chi connectivity index (χ3v) is 4.77. The number of carbonyl (C=O) groups excluding carboxylic acids is 1. The van der Waals surface area contributed by atoms with Crippen LogP contribution in [0.1, 0.15) is 28.9 Å². The molecule has 140 valence electrons. The summed E-state index contributed by atoms with van der Waals surface area (Å²) >= 11 is 0. The summed E-state index contributed by atoms with van der Waals surface area (Å²) < 4.78 is 1.87. The molecule has 3 rings (SSSR count). The summed E-state index contributed by atoms with van der Waals surface area (Å²) in [6.45, 7) is 4.65. The van der Waals surface area contributed by atoms with Crippen LogP contribution in [-0.2, 0) is 24.8 Å². The van der Waals surface area contributed by atoms with E-state index >= 15 is 0 Å². The molecule has 0 saturated carbocycles. The molecule has 0 aliphatic rings. The lowest BCUT2D eigenvalue weighted by Crippen LogP contribution is -2.42. The molecule has 0 unspecified atom stereocenters. The number of para-hydroxylation sites is 1. The van der Waals surface area contributed by atoms with E-state index in [1.807, 2.05) is 79.1 Å². The largest absolute Gasteiger partial charge is 0.281 e. The number of hydrogen-bond donors (Lipinski definition) is 1. The quantitative estimate of drug-likeness (QED) is 0.652. The number of nitrogens with one attached hydrogen (secondary N) is 1. The summed E-state index contributed by atoms with van der Waals surface area (Å²) in [5.41, 5.74) is 8.43. The van der Waals surface area contributed by atoms with Crippen LogP contribution in [-0.4, -0.2) is 15.7 Å². The van der Waals surface area contributed by atoms with Crippen molar-refractivity contribution in [1.82, 2.24) is 15.2 Å². The van der Waals surface area contributed by atoms with Gasteiger partial charge in [0.1, 0.15) is 0 Å². The lowest BCUT2D eigenvalue weighted by molar-refractivity contribution is -0.121. The Hall–Kier alpha value is -3.08. The molecule has 0 atom stereocenters. The van der Waals surface area contributed by atoms with Gasteiger partial charge in [0.15, 0.2) is 0 Å². The zero-order valence-corrected chi connectivity index (χ0v) is 16.1. The Labute approximate surface area is 160 Å². The van der Waals surface area contributed by atoms with Gasteiger partial charge in [0, 0.05) is 19.2 Å². The summed E-state index contributed by atoms with van der Waals surface area (Å²) in [5, 5.41) is 6.33. The maximum Gasteiger partial charge on any atom is 0.238 e. The topological polar surface area (TPSA) is 50.2 Å². The fourth-order valence-electron chi connectivity index (χ4n) is 3.19. The molecule has 1 aromatic heterocycles. The van der Waals surface area contributed by atoms with Gasteiger partial charge in [-0.1, -0.05) is 48.5 Å². The van der Waals surface area contributed by atoms with Crippen LogP contribution in [0.3, 0.4) is 0 Å². The molecule has 0 aliphatic carbocycles. The lowest BCUT2D eigenvalue weighted by Gasteiger charge is -2.25. The summed E-state index contributed by atoms with van der Waals surface area (Å²) in [4.78, 5) is 12.6. The average molecular weight is 362 g/mol. The summed E-state index contributed by atoms with van der Waals surface area (Å²) in [6.07, 6.45) is 1.11. The number of nitrogens with zero attached hydrogens (tertiary/aromatic N) is 3. The SMILES string of the molecule is Cc1nn(C)c(C)c1CCC(=O)NN(Cc1ccccc1)c1ccccc1. The highest BCUT2D eigenvalue weighted by molar-refractivity contribution is 5.78. The molecule has 5 heteroatoms. The molecule has 5 nitrogen and oxygen atoms in total. The Bertz CT molecular complexity index is 887. The molecule has 1 amide bonds. The minimum Gasteiger partial charge on any atom is -0.281 e. The number of rotatable bonds is 7. The Morgan fingerprint density at radius 1 is 1.04 bits per heavy atom. The monoisotopic (exact) mass is 362 g/mol. The molecule has 0 saturated heterocycles. The van der Waals surface area contributed by atoms with E-state index in [-0.39, 0.29) is 5.91 Å². The maximum absolute atomic E-state index is 12.6.